The van der Waals surface area contributed by atoms with Crippen molar-refractivity contribution in [3.63, 3.8) is 0 Å². The SMILES string of the molecule is CNc1nc(N2CCCC2)ccc1C(=N)C(=O)NC1CCCNC1. The number of aromatic nitrogens is 1. The molecule has 0 spiro atoms. The van der Waals surface area contributed by atoms with Crippen molar-refractivity contribution >= 4 is 23.3 Å². The highest BCUT2D eigenvalue weighted by atomic mass is 16.1. The van der Waals surface area contributed by atoms with Gasteiger partial charge in [0, 0.05) is 38.3 Å². The van der Waals surface area contributed by atoms with Gasteiger partial charge in [-0.25, -0.2) is 4.98 Å². The lowest BCUT2D eigenvalue weighted by molar-refractivity contribution is -0.115. The lowest BCUT2D eigenvalue weighted by atomic mass is 10.1. The molecule has 1 aromatic rings. The number of pyridine rings is 1. The maximum atomic E-state index is 12.4. The molecule has 2 saturated heterocycles. The van der Waals surface area contributed by atoms with E-state index in [-0.39, 0.29) is 17.7 Å². The van der Waals surface area contributed by atoms with Gasteiger partial charge in [0.2, 0.25) is 0 Å². The molecule has 4 N–H and O–H groups in total. The van der Waals surface area contributed by atoms with Gasteiger partial charge in [-0.2, -0.15) is 0 Å². The summed E-state index contributed by atoms with van der Waals surface area (Å²) in [5, 5.41) is 17.5. The number of carbonyl (C=O) groups is 1. The second-order valence-corrected chi connectivity index (χ2v) is 6.40. The summed E-state index contributed by atoms with van der Waals surface area (Å²) in [6.45, 7) is 3.80. The van der Waals surface area contributed by atoms with E-state index in [1.54, 1.807) is 7.05 Å². The van der Waals surface area contributed by atoms with Crippen LogP contribution in [0.1, 0.15) is 31.2 Å². The minimum Gasteiger partial charge on any atom is -0.373 e. The van der Waals surface area contributed by atoms with Crippen molar-refractivity contribution in [2.75, 3.05) is 43.4 Å². The number of hydrogen-bond donors (Lipinski definition) is 4. The third-order valence-corrected chi connectivity index (χ3v) is 4.68. The molecular formula is C17H26N6O. The van der Waals surface area contributed by atoms with Crippen LogP contribution in [0.2, 0.25) is 0 Å². The van der Waals surface area contributed by atoms with Gasteiger partial charge in [0.15, 0.2) is 0 Å². The first-order valence-corrected chi connectivity index (χ1v) is 8.73. The number of anilines is 2. The minimum atomic E-state index is -0.337. The van der Waals surface area contributed by atoms with Crippen LogP contribution in [0.4, 0.5) is 11.6 Å². The highest BCUT2D eigenvalue weighted by Gasteiger charge is 2.22. The first kappa shape index (κ1) is 16.7. The second kappa shape index (κ2) is 7.61. The summed E-state index contributed by atoms with van der Waals surface area (Å²) in [4.78, 5) is 19.2. The van der Waals surface area contributed by atoms with Crippen molar-refractivity contribution in [3.8, 4) is 0 Å². The van der Waals surface area contributed by atoms with Crippen molar-refractivity contribution in [1.29, 1.82) is 5.41 Å². The monoisotopic (exact) mass is 330 g/mol. The van der Waals surface area contributed by atoms with E-state index >= 15 is 0 Å². The van der Waals surface area contributed by atoms with Gasteiger partial charge in [0.25, 0.3) is 5.91 Å². The number of amides is 1. The molecule has 1 unspecified atom stereocenters. The van der Waals surface area contributed by atoms with Gasteiger partial charge in [0.05, 0.1) is 0 Å². The Balaban J connectivity index is 1.72. The molecule has 3 rings (SSSR count). The lowest BCUT2D eigenvalue weighted by Gasteiger charge is -2.24. The van der Waals surface area contributed by atoms with E-state index in [4.69, 9.17) is 5.41 Å². The Morgan fingerprint density at radius 2 is 2.12 bits per heavy atom. The number of piperidine rings is 1. The summed E-state index contributed by atoms with van der Waals surface area (Å²) in [6.07, 6.45) is 4.38. The van der Waals surface area contributed by atoms with Gasteiger partial charge in [-0.05, 0) is 44.4 Å². The molecule has 0 radical (unpaired) electrons. The van der Waals surface area contributed by atoms with Crippen molar-refractivity contribution in [1.82, 2.24) is 15.6 Å². The molecule has 2 aliphatic heterocycles. The second-order valence-electron chi connectivity index (χ2n) is 6.40. The Morgan fingerprint density at radius 1 is 1.33 bits per heavy atom. The molecule has 1 amide bonds. The highest BCUT2D eigenvalue weighted by Crippen LogP contribution is 2.22. The maximum Gasteiger partial charge on any atom is 0.270 e. The first-order valence-electron chi connectivity index (χ1n) is 8.73. The molecule has 0 bridgehead atoms. The Hall–Kier alpha value is -2.15. The predicted octanol–water partition coefficient (Wildman–Crippen LogP) is 0.960. The number of carbonyl (C=O) groups excluding carboxylic acids is 1. The van der Waals surface area contributed by atoms with E-state index < -0.39 is 0 Å². The van der Waals surface area contributed by atoms with Crippen LogP contribution >= 0.6 is 0 Å². The van der Waals surface area contributed by atoms with Gasteiger partial charge in [0.1, 0.15) is 17.3 Å². The fourth-order valence-corrected chi connectivity index (χ4v) is 3.32. The molecular weight excluding hydrogens is 304 g/mol. The molecule has 2 aliphatic rings. The average molecular weight is 330 g/mol. The van der Waals surface area contributed by atoms with E-state index in [0.29, 0.717) is 11.4 Å². The molecule has 1 atom stereocenters. The minimum absolute atomic E-state index is 0.0367. The first-order chi connectivity index (χ1) is 11.7. The number of rotatable bonds is 5. The van der Waals surface area contributed by atoms with E-state index in [9.17, 15) is 4.79 Å². The van der Waals surface area contributed by atoms with Crippen LogP contribution < -0.4 is 20.9 Å². The zero-order chi connectivity index (χ0) is 16.9. The molecule has 0 saturated carbocycles. The standard InChI is InChI=1S/C17H26N6O/c1-19-16-13(6-7-14(22-16)23-9-2-3-10-23)15(18)17(24)21-12-5-4-8-20-11-12/h6-7,12,18,20H,2-5,8-11H2,1H3,(H,19,22)(H,21,24). The van der Waals surface area contributed by atoms with Crippen molar-refractivity contribution in [2.24, 2.45) is 0 Å². The van der Waals surface area contributed by atoms with Gasteiger partial charge in [-0.15, -0.1) is 0 Å². The van der Waals surface area contributed by atoms with Crippen molar-refractivity contribution in [3.05, 3.63) is 17.7 Å². The molecule has 3 heterocycles. The molecule has 2 fully saturated rings. The molecule has 1 aromatic heterocycles. The molecule has 7 nitrogen and oxygen atoms in total. The fraction of sp³-hybridized carbons (Fsp3) is 0.588. The van der Waals surface area contributed by atoms with Gasteiger partial charge in [-0.3, -0.25) is 10.2 Å². The van der Waals surface area contributed by atoms with E-state index in [1.165, 1.54) is 12.8 Å². The Morgan fingerprint density at radius 3 is 2.79 bits per heavy atom. The van der Waals surface area contributed by atoms with Crippen LogP contribution in [-0.2, 0) is 4.79 Å². The van der Waals surface area contributed by atoms with Crippen LogP contribution in [0.3, 0.4) is 0 Å². The summed E-state index contributed by atoms with van der Waals surface area (Å²) in [6, 6.07) is 3.83. The van der Waals surface area contributed by atoms with Crippen molar-refractivity contribution in [2.45, 2.75) is 31.7 Å². The third-order valence-electron chi connectivity index (χ3n) is 4.68. The van der Waals surface area contributed by atoms with Crippen LogP contribution in [0.25, 0.3) is 0 Å². The van der Waals surface area contributed by atoms with Crippen LogP contribution in [0.5, 0.6) is 0 Å². The van der Waals surface area contributed by atoms with E-state index in [2.05, 4.69) is 25.8 Å². The largest absolute Gasteiger partial charge is 0.373 e. The number of nitrogens with one attached hydrogen (secondary N) is 4. The molecule has 0 aromatic carbocycles. The third kappa shape index (κ3) is 3.67. The molecule has 130 valence electrons. The number of hydrogen-bond acceptors (Lipinski definition) is 6. The zero-order valence-electron chi connectivity index (χ0n) is 14.2. The van der Waals surface area contributed by atoms with Gasteiger partial charge < -0.3 is 20.9 Å². The van der Waals surface area contributed by atoms with Crippen LogP contribution in [0, 0.1) is 5.41 Å². The van der Waals surface area contributed by atoms with Crippen LogP contribution in [0.15, 0.2) is 12.1 Å². The van der Waals surface area contributed by atoms with E-state index in [0.717, 1.165) is 44.8 Å². The Bertz CT molecular complexity index is 605. The summed E-state index contributed by atoms with van der Waals surface area (Å²) >= 11 is 0. The summed E-state index contributed by atoms with van der Waals surface area (Å²) in [5.41, 5.74) is 0.507. The summed E-state index contributed by atoms with van der Waals surface area (Å²) in [5.74, 6) is 1.16. The van der Waals surface area contributed by atoms with Gasteiger partial charge in [-0.1, -0.05) is 0 Å². The van der Waals surface area contributed by atoms with Crippen LogP contribution in [-0.4, -0.2) is 55.9 Å². The summed E-state index contributed by atoms with van der Waals surface area (Å²) < 4.78 is 0. The molecule has 7 heteroatoms. The fourth-order valence-electron chi connectivity index (χ4n) is 3.32. The topological polar surface area (TPSA) is 93.1 Å². The molecule has 0 aliphatic carbocycles. The highest BCUT2D eigenvalue weighted by molar-refractivity contribution is 6.45. The smallest absolute Gasteiger partial charge is 0.270 e. The normalized spacial score (nSPS) is 20.7. The van der Waals surface area contributed by atoms with Gasteiger partial charge >= 0.3 is 0 Å². The predicted molar refractivity (Wildman–Crippen MR) is 96.1 cm³/mol. The lowest BCUT2D eigenvalue weighted by Crippen LogP contribution is -2.47. The van der Waals surface area contributed by atoms with E-state index in [1.807, 2.05) is 12.1 Å². The number of nitrogens with zero attached hydrogens (tertiary/aromatic N) is 2. The van der Waals surface area contributed by atoms with Crippen molar-refractivity contribution < 1.29 is 4.79 Å². The maximum absolute atomic E-state index is 12.4. The quantitative estimate of drug-likeness (QED) is 0.604. The molecule has 24 heavy (non-hydrogen) atoms. The zero-order valence-corrected chi connectivity index (χ0v) is 14.2. The Labute approximate surface area is 142 Å². The summed E-state index contributed by atoms with van der Waals surface area (Å²) in [7, 11) is 1.77. The Kier molecular flexibility index (Phi) is 5.30. The average Bonchev–Trinajstić information content (AvgIpc) is 3.16.